The van der Waals surface area contributed by atoms with Crippen molar-refractivity contribution in [1.82, 2.24) is 4.57 Å². The minimum atomic E-state index is -0.630. The molecule has 0 aliphatic carbocycles. The minimum absolute atomic E-state index is 0.0506. The molecule has 7 heteroatoms. The first-order chi connectivity index (χ1) is 16.3. The summed E-state index contributed by atoms with van der Waals surface area (Å²) in [6.07, 6.45) is 1.40. The molecule has 0 bridgehead atoms. The number of para-hydroxylation sites is 2. The molecule has 1 heterocycles. The van der Waals surface area contributed by atoms with Crippen molar-refractivity contribution < 1.29 is 14.7 Å². The number of aromatic hydroxyl groups is 1. The Morgan fingerprint density at radius 3 is 2.26 bits per heavy atom. The number of pyridine rings is 1. The second-order valence-corrected chi connectivity index (χ2v) is 8.78. The van der Waals surface area contributed by atoms with Gasteiger partial charge in [0, 0.05) is 21.9 Å². The highest BCUT2D eigenvalue weighted by molar-refractivity contribution is 9.10. The maximum absolute atomic E-state index is 13.4. The number of amides is 1. The van der Waals surface area contributed by atoms with E-state index in [1.54, 1.807) is 30.3 Å². The lowest BCUT2D eigenvalue weighted by Crippen LogP contribution is -2.30. The van der Waals surface area contributed by atoms with Gasteiger partial charge in [-0.1, -0.05) is 52.3 Å². The van der Waals surface area contributed by atoms with Crippen LogP contribution in [0.3, 0.4) is 0 Å². The zero-order valence-corrected chi connectivity index (χ0v) is 20.1. The van der Waals surface area contributed by atoms with Crippen molar-refractivity contribution in [1.29, 1.82) is 0 Å². The van der Waals surface area contributed by atoms with Crippen LogP contribution >= 0.6 is 15.9 Å². The maximum Gasteiger partial charge on any atom is 0.267 e. The first-order valence-electron chi connectivity index (χ1n) is 10.5. The smallest absolute Gasteiger partial charge is 0.267 e. The number of hydrogen-bond donors (Lipinski definition) is 2. The van der Waals surface area contributed by atoms with Gasteiger partial charge < -0.3 is 10.4 Å². The Kier molecular flexibility index (Phi) is 6.47. The number of anilines is 1. The SMILES string of the molecule is Cc1ccccc1NC(=O)c1cc(C(=O)c2cc(Br)ccc2O)cn(-c2ccccc2C)c1=O. The fraction of sp³-hybridized carbons (Fsp3) is 0.0741. The third-order valence-electron chi connectivity index (χ3n) is 5.50. The summed E-state index contributed by atoms with van der Waals surface area (Å²) >= 11 is 3.31. The number of aryl methyl sites for hydroxylation is 2. The number of nitrogens with one attached hydrogen (secondary N) is 1. The van der Waals surface area contributed by atoms with Crippen LogP contribution in [0.5, 0.6) is 5.75 Å². The average Bonchev–Trinajstić information content (AvgIpc) is 2.82. The van der Waals surface area contributed by atoms with Crippen LogP contribution < -0.4 is 10.9 Å². The van der Waals surface area contributed by atoms with Gasteiger partial charge in [0.25, 0.3) is 11.5 Å². The second kappa shape index (κ2) is 9.49. The van der Waals surface area contributed by atoms with Crippen LogP contribution in [0.1, 0.15) is 37.4 Å². The number of rotatable bonds is 5. The van der Waals surface area contributed by atoms with Crippen LogP contribution in [0.2, 0.25) is 0 Å². The molecule has 4 rings (SSSR count). The van der Waals surface area contributed by atoms with Crippen molar-refractivity contribution >= 4 is 33.3 Å². The lowest BCUT2D eigenvalue weighted by Gasteiger charge is -2.14. The monoisotopic (exact) mass is 516 g/mol. The predicted octanol–water partition coefficient (Wildman–Crippen LogP) is 5.41. The first-order valence-corrected chi connectivity index (χ1v) is 11.3. The first kappa shape index (κ1) is 23.2. The molecule has 0 saturated carbocycles. The van der Waals surface area contributed by atoms with Gasteiger partial charge in [-0.15, -0.1) is 0 Å². The third kappa shape index (κ3) is 4.56. The number of hydrogen-bond acceptors (Lipinski definition) is 4. The number of halogens is 1. The normalized spacial score (nSPS) is 10.7. The van der Waals surface area contributed by atoms with Crippen LogP contribution in [-0.2, 0) is 0 Å². The van der Waals surface area contributed by atoms with E-state index in [1.807, 2.05) is 38.1 Å². The zero-order chi connectivity index (χ0) is 24.4. The molecule has 0 fully saturated rings. The summed E-state index contributed by atoms with van der Waals surface area (Å²) in [5.41, 5.74) is 2.13. The maximum atomic E-state index is 13.4. The molecule has 0 unspecified atom stereocenters. The van der Waals surface area contributed by atoms with E-state index in [0.29, 0.717) is 15.8 Å². The van der Waals surface area contributed by atoms with Crippen molar-refractivity contribution in [3.05, 3.63) is 122 Å². The van der Waals surface area contributed by atoms with Crippen LogP contribution in [0, 0.1) is 13.8 Å². The van der Waals surface area contributed by atoms with Gasteiger partial charge in [0.05, 0.1) is 11.3 Å². The summed E-state index contributed by atoms with van der Waals surface area (Å²) in [4.78, 5) is 40.0. The molecular formula is C27H21BrN2O4. The Hall–Kier alpha value is -3.97. The zero-order valence-electron chi connectivity index (χ0n) is 18.5. The summed E-state index contributed by atoms with van der Waals surface area (Å²) in [5.74, 6) is -1.35. The van der Waals surface area contributed by atoms with E-state index in [9.17, 15) is 19.5 Å². The quantitative estimate of drug-likeness (QED) is 0.347. The molecule has 6 nitrogen and oxygen atoms in total. The molecule has 2 N–H and O–H groups in total. The number of benzene rings is 3. The summed E-state index contributed by atoms with van der Waals surface area (Å²) in [5, 5.41) is 13.0. The number of aromatic nitrogens is 1. The molecule has 1 aromatic heterocycles. The lowest BCUT2D eigenvalue weighted by atomic mass is 10.0. The summed E-state index contributed by atoms with van der Waals surface area (Å²) in [6.45, 7) is 3.68. The van der Waals surface area contributed by atoms with Crippen molar-refractivity contribution in [3.8, 4) is 11.4 Å². The van der Waals surface area contributed by atoms with Gasteiger partial charge in [-0.2, -0.15) is 0 Å². The number of phenolic OH excluding ortho intramolecular Hbond substituents is 1. The summed E-state index contributed by atoms with van der Waals surface area (Å²) in [7, 11) is 0. The van der Waals surface area contributed by atoms with E-state index in [2.05, 4.69) is 21.2 Å². The number of ketones is 1. The van der Waals surface area contributed by atoms with Gasteiger partial charge in [-0.05, 0) is 61.4 Å². The molecule has 34 heavy (non-hydrogen) atoms. The van der Waals surface area contributed by atoms with Crippen molar-refractivity contribution in [3.63, 3.8) is 0 Å². The molecule has 170 valence electrons. The van der Waals surface area contributed by atoms with Gasteiger partial charge >= 0.3 is 0 Å². The van der Waals surface area contributed by atoms with E-state index in [0.717, 1.165) is 11.1 Å². The highest BCUT2D eigenvalue weighted by Crippen LogP contribution is 2.25. The van der Waals surface area contributed by atoms with Gasteiger partial charge in [-0.25, -0.2) is 0 Å². The van der Waals surface area contributed by atoms with Crippen LogP contribution in [-0.4, -0.2) is 21.4 Å². The Morgan fingerprint density at radius 2 is 1.56 bits per heavy atom. The average molecular weight is 517 g/mol. The Bertz CT molecular complexity index is 1490. The molecule has 0 atom stereocenters. The lowest BCUT2D eigenvalue weighted by molar-refractivity contribution is 0.102. The van der Waals surface area contributed by atoms with Crippen molar-refractivity contribution in [2.24, 2.45) is 0 Å². The number of carbonyl (C=O) groups excluding carboxylic acids is 2. The largest absolute Gasteiger partial charge is 0.507 e. The highest BCUT2D eigenvalue weighted by Gasteiger charge is 2.22. The van der Waals surface area contributed by atoms with Crippen molar-refractivity contribution in [2.45, 2.75) is 13.8 Å². The molecule has 3 aromatic carbocycles. The number of nitrogens with zero attached hydrogens (tertiary/aromatic N) is 1. The van der Waals surface area contributed by atoms with E-state index < -0.39 is 17.2 Å². The van der Waals surface area contributed by atoms with E-state index in [1.165, 1.54) is 29.0 Å². The Labute approximate surface area is 204 Å². The third-order valence-corrected chi connectivity index (χ3v) is 5.99. The molecule has 1 amide bonds. The molecular weight excluding hydrogens is 496 g/mol. The van der Waals surface area contributed by atoms with E-state index in [-0.39, 0.29) is 22.4 Å². The number of carbonyl (C=O) groups is 2. The van der Waals surface area contributed by atoms with Crippen LogP contribution in [0.4, 0.5) is 5.69 Å². The standard InChI is InChI=1S/C27H21BrN2O4/c1-16-7-3-5-9-22(16)29-26(33)21-13-18(25(32)20-14-19(28)11-12-24(20)31)15-30(27(21)34)23-10-6-4-8-17(23)2/h3-15,31H,1-2H3,(H,29,33). The molecule has 0 saturated heterocycles. The van der Waals surface area contributed by atoms with Gasteiger partial charge in [-0.3, -0.25) is 19.0 Å². The van der Waals surface area contributed by atoms with Gasteiger partial charge in [0.1, 0.15) is 11.3 Å². The number of phenols is 1. The van der Waals surface area contributed by atoms with E-state index >= 15 is 0 Å². The minimum Gasteiger partial charge on any atom is -0.507 e. The Morgan fingerprint density at radius 1 is 0.882 bits per heavy atom. The topological polar surface area (TPSA) is 88.4 Å². The van der Waals surface area contributed by atoms with Crippen LogP contribution in [0.15, 0.2) is 88.3 Å². The highest BCUT2D eigenvalue weighted by atomic mass is 79.9. The summed E-state index contributed by atoms with van der Waals surface area (Å²) in [6, 6.07) is 20.2. The Balaban J connectivity index is 1.90. The fourth-order valence-electron chi connectivity index (χ4n) is 3.63. The van der Waals surface area contributed by atoms with Gasteiger partial charge in [0.15, 0.2) is 5.78 Å². The molecule has 4 aromatic rings. The predicted molar refractivity (Wildman–Crippen MR) is 135 cm³/mol. The molecule has 0 aliphatic heterocycles. The van der Waals surface area contributed by atoms with Gasteiger partial charge in [0.2, 0.25) is 0 Å². The molecule has 0 spiro atoms. The second-order valence-electron chi connectivity index (χ2n) is 7.86. The van der Waals surface area contributed by atoms with E-state index in [4.69, 9.17) is 0 Å². The fourth-order valence-corrected chi connectivity index (χ4v) is 3.99. The summed E-state index contributed by atoms with van der Waals surface area (Å²) < 4.78 is 1.91. The molecule has 0 radical (unpaired) electrons. The molecule has 0 aliphatic rings. The van der Waals surface area contributed by atoms with Crippen molar-refractivity contribution in [2.75, 3.05) is 5.32 Å². The van der Waals surface area contributed by atoms with Crippen LogP contribution in [0.25, 0.3) is 5.69 Å².